The molecule has 4 unspecified atom stereocenters. The number of nitrogens with one attached hydrogen (secondary N) is 4. The Morgan fingerprint density at radius 1 is 0.491 bits per heavy atom. The molecule has 0 spiro atoms. The van der Waals surface area contributed by atoms with Crippen LogP contribution in [-0.2, 0) is 111 Å². The molecule has 52 nitrogen and oxygen atoms in total. The number of fused-ring (bicyclic) bond motifs is 2. The van der Waals surface area contributed by atoms with Gasteiger partial charge in [-0.15, -0.1) is 0 Å². The fraction of sp³-hybridized carbons (Fsp3) is 0.679. The minimum absolute atomic E-state index is 0.0226. The number of aromatic nitrogens is 8. The third kappa shape index (κ3) is 34.3. The van der Waals surface area contributed by atoms with Gasteiger partial charge >= 0.3 is 58.9 Å². The number of ether oxygens (including phenoxy) is 2. The summed E-state index contributed by atoms with van der Waals surface area (Å²) < 4.78 is 124. The quantitative estimate of drug-likeness (QED) is 0.0194. The van der Waals surface area contributed by atoms with E-state index in [0.29, 0.717) is 50.0 Å². The molecule has 4 aromatic rings. The summed E-state index contributed by atoms with van der Waals surface area (Å²) in [6, 6.07) is 0. The smallest absolute Gasteiger partial charge is 0.481 e. The molecule has 0 radical (unpaired) electrons. The van der Waals surface area contributed by atoms with Gasteiger partial charge in [0.25, 0.3) is 0 Å². The Bertz CT molecular complexity index is 4070. The van der Waals surface area contributed by atoms with Crippen molar-refractivity contribution < 1.29 is 181 Å². The van der Waals surface area contributed by atoms with Crippen molar-refractivity contribution >= 4 is 150 Å². The highest BCUT2D eigenvalue weighted by atomic mass is 32.2. The van der Waals surface area contributed by atoms with Crippen LogP contribution in [-0.4, -0.2) is 268 Å². The van der Waals surface area contributed by atoms with E-state index in [1.807, 2.05) is 0 Å². The van der Waals surface area contributed by atoms with Crippen LogP contribution in [0.25, 0.3) is 22.3 Å². The molecule has 6 rings (SSSR count). The van der Waals surface area contributed by atoms with Gasteiger partial charge in [-0.2, -0.15) is 8.62 Å². The summed E-state index contributed by atoms with van der Waals surface area (Å²) in [6.07, 6.45) is -10.1. The first kappa shape index (κ1) is 101. The molecule has 2 saturated heterocycles. The van der Waals surface area contributed by atoms with Crippen LogP contribution in [0.4, 0.5) is 11.6 Å². The highest BCUT2D eigenvalue weighted by Crippen LogP contribution is 2.63. The van der Waals surface area contributed by atoms with Gasteiger partial charge in [0.2, 0.25) is 23.6 Å². The Morgan fingerprint density at radius 2 is 0.828 bits per heavy atom. The van der Waals surface area contributed by atoms with Crippen LogP contribution in [0, 0.1) is 10.8 Å². The minimum atomic E-state index is -5.58. The number of carbonyl (C=O) groups excluding carboxylic acids is 6. The van der Waals surface area contributed by atoms with E-state index in [1.54, 1.807) is 0 Å². The number of nitrogen functional groups attached to an aromatic ring is 2. The number of anilines is 2. The first-order valence-corrected chi connectivity index (χ1v) is 45.4. The average molecular weight is 1820 g/mol. The predicted octanol–water partition coefficient (Wildman–Crippen LogP) is -0.600. The van der Waals surface area contributed by atoms with Crippen molar-refractivity contribution in [1.29, 1.82) is 0 Å². The van der Waals surface area contributed by atoms with Crippen molar-refractivity contribution in [1.82, 2.24) is 60.3 Å². The lowest BCUT2D eigenvalue weighted by Gasteiger charge is -2.30. The Kier molecular flexibility index (Phi) is 39.1. The molecule has 2 fully saturated rings. The molecule has 14 atom stereocenters. The number of imidazole rings is 2. The summed E-state index contributed by atoms with van der Waals surface area (Å²) in [4.78, 5) is 196. The number of carbonyl (C=O) groups is 8. The lowest BCUT2D eigenvalue weighted by Crippen LogP contribution is -2.46. The number of nitrogens with zero attached hydrogens (tertiary/aromatic N) is 8. The van der Waals surface area contributed by atoms with E-state index in [0.717, 1.165) is 58.0 Å². The summed E-state index contributed by atoms with van der Waals surface area (Å²) in [5.41, 5.74) is 8.44. The molecule has 4 aromatic heterocycles. The highest BCUT2D eigenvalue weighted by Gasteiger charge is 2.53. The number of amides is 4. The number of aliphatic hydroxyl groups excluding tert-OH is 4. The van der Waals surface area contributed by atoms with Crippen molar-refractivity contribution in [2.75, 3.05) is 75.6 Å². The molecular formula is C56H92N14O38P6S2. The summed E-state index contributed by atoms with van der Waals surface area (Å²) in [7, 11) is -32.9. The Balaban J connectivity index is 0.000000414. The number of phosphoric ester groups is 6. The monoisotopic (exact) mass is 1820 g/mol. The Hall–Kier alpha value is -5.94. The molecule has 0 bridgehead atoms. The van der Waals surface area contributed by atoms with Gasteiger partial charge in [0.15, 0.2) is 45.6 Å². The van der Waals surface area contributed by atoms with Gasteiger partial charge in [0.05, 0.1) is 39.1 Å². The fourth-order valence-corrected chi connectivity index (χ4v) is 17.3. The molecule has 6 heterocycles. The van der Waals surface area contributed by atoms with Gasteiger partial charge in [-0.1, -0.05) is 64.1 Å². The molecule has 656 valence electrons. The molecule has 22 N–H and O–H groups in total. The zero-order valence-corrected chi connectivity index (χ0v) is 68.9. The third-order valence-corrected chi connectivity index (χ3v) is 24.1. The second-order valence-corrected chi connectivity index (χ2v) is 37.3. The molecular weight excluding hydrogens is 1730 g/mol. The molecule has 60 heteroatoms. The van der Waals surface area contributed by atoms with Crippen molar-refractivity contribution in [2.24, 2.45) is 10.8 Å². The van der Waals surface area contributed by atoms with Gasteiger partial charge in [-0.25, -0.2) is 57.3 Å². The van der Waals surface area contributed by atoms with Crippen LogP contribution < -0.4 is 32.7 Å². The highest BCUT2D eigenvalue weighted by molar-refractivity contribution is 8.13. The van der Waals surface area contributed by atoms with Gasteiger partial charge in [-0.05, 0) is 25.7 Å². The van der Waals surface area contributed by atoms with Crippen LogP contribution in [0.5, 0.6) is 0 Å². The molecule has 2 aliphatic rings. The number of aliphatic hydroxyl groups is 4. The largest absolute Gasteiger partial charge is 0.481 e. The number of aliphatic carboxylic acids is 2. The van der Waals surface area contributed by atoms with Crippen molar-refractivity contribution in [3.05, 3.63) is 25.3 Å². The van der Waals surface area contributed by atoms with Gasteiger partial charge in [0, 0.05) is 87.0 Å². The van der Waals surface area contributed by atoms with Crippen LogP contribution >= 0.6 is 70.5 Å². The first-order valence-electron chi connectivity index (χ1n) is 34.4. The fourth-order valence-electron chi connectivity index (χ4n) is 10.2. The first-order chi connectivity index (χ1) is 53.8. The van der Waals surface area contributed by atoms with Gasteiger partial charge in [-0.3, -0.25) is 74.6 Å². The molecule has 116 heavy (non-hydrogen) atoms. The normalized spacial score (nSPS) is 21.2. The van der Waals surface area contributed by atoms with E-state index >= 15 is 0 Å². The van der Waals surface area contributed by atoms with E-state index < -0.39 is 181 Å². The summed E-state index contributed by atoms with van der Waals surface area (Å²) in [5.74, 6) is -4.25. The molecule has 2 aliphatic heterocycles. The number of thioether (sulfide) groups is 2. The third-order valence-electron chi connectivity index (χ3n) is 16.1. The van der Waals surface area contributed by atoms with Gasteiger partial charge in [0.1, 0.15) is 72.5 Å². The summed E-state index contributed by atoms with van der Waals surface area (Å²) in [5, 5.41) is 69.7. The van der Waals surface area contributed by atoms with Crippen molar-refractivity contribution in [2.45, 2.75) is 166 Å². The average Bonchev–Trinajstić information content (AvgIpc) is 1.62. The Morgan fingerprint density at radius 3 is 1.16 bits per heavy atom. The predicted molar refractivity (Wildman–Crippen MR) is 396 cm³/mol. The number of carboxylic acid groups (broad SMARTS) is 2. The standard InChI is InChI=1S/2C28H46N7O19P3S/c2*1-28(2,23(41)26(42)31-9-8-17(36)30-10-11-58-19(39)7-5-3-4-6-18(37)38)13-51-57(48,49)54-56(46,47)50-12-16-22(53-55(43,44)45)21(40)27(52-16)35-15-34-20-24(29)32-14-33-25(20)35/h2*14-16,21-23,27,40-41H,3-13H2,1-2H3,(H,30,36)(H,31,42)(H,37,38)(H,46,47)(H,48,49)(H2,29,32,33)(H2,43,44,45)/t2*16-,21-,22-,23+,27-/m11/s1. The molecule has 0 aliphatic carbocycles. The number of unbranched alkanes of at least 4 members (excludes halogenated alkanes) is 4. The zero-order chi connectivity index (χ0) is 87.0. The van der Waals surface area contributed by atoms with Crippen LogP contribution in [0.15, 0.2) is 25.3 Å². The second-order valence-electron chi connectivity index (χ2n) is 26.5. The molecule has 4 amide bonds. The summed E-state index contributed by atoms with van der Waals surface area (Å²) >= 11 is 2.04. The number of rotatable bonds is 50. The maximum Gasteiger partial charge on any atom is 0.481 e. The maximum atomic E-state index is 12.7. The van der Waals surface area contributed by atoms with Gasteiger partial charge < -0.3 is 112 Å². The van der Waals surface area contributed by atoms with Crippen LogP contribution in [0.1, 0.15) is 117 Å². The second kappa shape index (κ2) is 45.1. The lowest BCUT2D eigenvalue weighted by molar-refractivity contribution is -0.138. The molecule has 0 aromatic carbocycles. The number of hydrogen-bond acceptors (Lipinski definition) is 38. The number of nitrogens with two attached hydrogens (primary N) is 2. The van der Waals surface area contributed by atoms with E-state index in [9.17, 15) is 125 Å². The van der Waals surface area contributed by atoms with Crippen LogP contribution in [0.3, 0.4) is 0 Å². The maximum absolute atomic E-state index is 12.7. The topological polar surface area (TPSA) is 802 Å². The lowest BCUT2D eigenvalue weighted by atomic mass is 9.87. The number of hydrogen-bond donors (Lipinski definition) is 20. The van der Waals surface area contributed by atoms with E-state index in [4.69, 9.17) is 49.2 Å². The van der Waals surface area contributed by atoms with E-state index in [1.165, 1.54) is 27.7 Å². The van der Waals surface area contributed by atoms with E-state index in [-0.39, 0.29) is 109 Å². The Labute approximate surface area is 666 Å². The zero-order valence-electron chi connectivity index (χ0n) is 61.9. The minimum Gasteiger partial charge on any atom is -0.481 e. The molecule has 0 saturated carbocycles. The SMILES string of the molecule is CC(C)(COP(=O)(O)OP(=O)(O)OC[C@H]1O[C@@H](n2cnc3c(N)ncnc32)[C@H](O)[C@@H]1OP(=O)(O)O)[C@@H](O)C(=O)NCCC(=O)NCCSC(=O)CCCCCC(=O)O.CC(C)(COP(=O)(O)OP(=O)(O)OC[C@H]1O[C@@H](n2cnc3c(N)ncnc32)[C@H](O)[C@@H]1OP(=O)(O)O)[C@@H](O)C(=O)NCCC(=O)NCCSC(=O)CCCCCC(=O)O. The van der Waals surface area contributed by atoms with Crippen LogP contribution in [0.2, 0.25) is 0 Å². The van der Waals surface area contributed by atoms with Crippen molar-refractivity contribution in [3.63, 3.8) is 0 Å². The van der Waals surface area contributed by atoms with E-state index in [2.05, 4.69) is 68.8 Å². The van der Waals surface area contributed by atoms with Crippen molar-refractivity contribution in [3.8, 4) is 0 Å². The number of phosphoric acid groups is 6. The summed E-state index contributed by atoms with van der Waals surface area (Å²) in [6.45, 7) is 0.709. The number of carboxylic acids is 2.